The third-order valence-electron chi connectivity index (χ3n) is 1.00. The highest BCUT2D eigenvalue weighted by atomic mass is 14.9. The Labute approximate surface area is 56.8 Å². The van der Waals surface area contributed by atoms with E-state index in [0.29, 0.717) is 0 Å². The van der Waals surface area contributed by atoms with Crippen LogP contribution in [0.4, 0.5) is 0 Å². The van der Waals surface area contributed by atoms with Gasteiger partial charge in [-0.25, -0.2) is 0 Å². The van der Waals surface area contributed by atoms with Gasteiger partial charge in [0.1, 0.15) is 0 Å². The lowest BCUT2D eigenvalue weighted by Crippen LogP contribution is -2.37. The molecule has 0 aromatic heterocycles. The van der Waals surface area contributed by atoms with Crippen LogP contribution in [0.2, 0.25) is 0 Å². The molecule has 52 valence electrons. The third-order valence-corrected chi connectivity index (χ3v) is 1.00. The zero-order valence-electron chi connectivity index (χ0n) is 6.28. The molecule has 9 heavy (non-hydrogen) atoms. The molecule has 0 bridgehead atoms. The Balaban J connectivity index is 3.80. The van der Waals surface area contributed by atoms with Crippen LogP contribution >= 0.6 is 0 Å². The average Bonchev–Trinajstić information content (AvgIpc) is 1.64. The van der Waals surface area contributed by atoms with E-state index in [0.717, 1.165) is 6.54 Å². The van der Waals surface area contributed by atoms with Crippen LogP contribution in [0.25, 0.3) is 0 Å². The van der Waals surface area contributed by atoms with Gasteiger partial charge in [-0.1, -0.05) is 12.8 Å². The van der Waals surface area contributed by atoms with Crippen molar-refractivity contribution in [3.63, 3.8) is 0 Å². The van der Waals surface area contributed by atoms with Gasteiger partial charge in [-0.3, -0.25) is 0 Å². The first-order valence-electron chi connectivity index (χ1n) is 3.10. The predicted molar refractivity (Wildman–Crippen MR) is 39.7 cm³/mol. The van der Waals surface area contributed by atoms with E-state index >= 15 is 0 Å². The molecule has 0 aromatic rings. The fourth-order valence-electron chi connectivity index (χ4n) is 0.667. The van der Waals surface area contributed by atoms with Gasteiger partial charge in [-0.2, -0.15) is 0 Å². The van der Waals surface area contributed by atoms with Crippen LogP contribution in [0, 0.1) is 12.0 Å². The van der Waals surface area contributed by atoms with Crippen molar-refractivity contribution in [2.24, 2.45) is 5.73 Å². The summed E-state index contributed by atoms with van der Waals surface area (Å²) in [4.78, 5) is 0. The molecular weight excluding hydrogens is 112 g/mol. The first-order valence-corrected chi connectivity index (χ1v) is 3.10. The molecule has 0 atom stereocenters. The third kappa shape index (κ3) is 3.87. The van der Waals surface area contributed by atoms with E-state index < -0.39 is 0 Å². The van der Waals surface area contributed by atoms with Crippen LogP contribution in [0.3, 0.4) is 0 Å². The molecule has 0 radical (unpaired) electrons. The molecular formula is C7H14N2. The molecule has 0 unspecified atom stereocenters. The minimum absolute atomic E-state index is 0.135. The fourth-order valence-corrected chi connectivity index (χ4v) is 0.667. The summed E-state index contributed by atoms with van der Waals surface area (Å²) < 4.78 is 0. The maximum Gasteiger partial charge on any atom is 0.0762 e. The highest BCUT2D eigenvalue weighted by Gasteiger charge is 2.09. The van der Waals surface area contributed by atoms with Crippen LogP contribution in [0.5, 0.6) is 0 Å². The van der Waals surface area contributed by atoms with Crippen LogP contribution in [0.1, 0.15) is 20.8 Å². The number of hydrogen-bond donors (Lipinski definition) is 2. The van der Waals surface area contributed by atoms with Gasteiger partial charge in [0.25, 0.3) is 0 Å². The summed E-state index contributed by atoms with van der Waals surface area (Å²) in [6.45, 7) is 6.95. The van der Waals surface area contributed by atoms with Crippen molar-refractivity contribution < 1.29 is 0 Å². The Morgan fingerprint density at radius 3 is 2.44 bits per heavy atom. The van der Waals surface area contributed by atoms with Crippen molar-refractivity contribution >= 4 is 0 Å². The van der Waals surface area contributed by atoms with Gasteiger partial charge in [0.2, 0.25) is 0 Å². The standard InChI is InChI=1S/C7H14N2/c1-4-9-7(2,3)5-6-8/h9H,4,8H2,1-3H3. The van der Waals surface area contributed by atoms with Crippen molar-refractivity contribution in [2.45, 2.75) is 26.3 Å². The largest absolute Gasteiger partial charge is 0.359 e. The second-order valence-corrected chi connectivity index (χ2v) is 2.42. The Morgan fingerprint density at radius 2 is 2.11 bits per heavy atom. The van der Waals surface area contributed by atoms with Gasteiger partial charge in [-0.15, -0.1) is 0 Å². The molecule has 0 spiro atoms. The van der Waals surface area contributed by atoms with E-state index in [1.807, 2.05) is 20.8 Å². The van der Waals surface area contributed by atoms with Crippen molar-refractivity contribution in [1.82, 2.24) is 5.32 Å². The van der Waals surface area contributed by atoms with Crippen molar-refractivity contribution in [2.75, 3.05) is 6.54 Å². The van der Waals surface area contributed by atoms with E-state index in [-0.39, 0.29) is 5.54 Å². The van der Waals surface area contributed by atoms with Gasteiger partial charge in [0.05, 0.1) is 5.54 Å². The SMILES string of the molecule is CCNC(C)(C)C#CN. The Morgan fingerprint density at radius 1 is 1.56 bits per heavy atom. The van der Waals surface area contributed by atoms with E-state index in [2.05, 4.69) is 17.3 Å². The van der Waals surface area contributed by atoms with Crippen LogP contribution in [-0.2, 0) is 0 Å². The summed E-state index contributed by atoms with van der Waals surface area (Å²) >= 11 is 0. The van der Waals surface area contributed by atoms with Crippen molar-refractivity contribution in [1.29, 1.82) is 0 Å². The molecule has 0 rings (SSSR count). The Kier molecular flexibility index (Phi) is 3.11. The summed E-state index contributed by atoms with van der Waals surface area (Å²) in [5.74, 6) is 2.84. The second-order valence-electron chi connectivity index (χ2n) is 2.42. The lowest BCUT2D eigenvalue weighted by atomic mass is 10.1. The molecule has 0 aliphatic heterocycles. The highest BCUT2D eigenvalue weighted by Crippen LogP contribution is 1.96. The summed E-state index contributed by atoms with van der Waals surface area (Å²) in [6.07, 6.45) is 0. The van der Waals surface area contributed by atoms with E-state index in [1.165, 1.54) is 0 Å². The van der Waals surface area contributed by atoms with Crippen molar-refractivity contribution in [3.05, 3.63) is 0 Å². The molecule has 0 saturated heterocycles. The molecule has 2 heteroatoms. The van der Waals surface area contributed by atoms with Crippen LogP contribution < -0.4 is 11.1 Å². The first kappa shape index (κ1) is 8.32. The maximum absolute atomic E-state index is 5.04. The van der Waals surface area contributed by atoms with E-state index in [4.69, 9.17) is 5.73 Å². The monoisotopic (exact) mass is 126 g/mol. The van der Waals surface area contributed by atoms with E-state index in [9.17, 15) is 0 Å². The average molecular weight is 126 g/mol. The van der Waals surface area contributed by atoms with Gasteiger partial charge in [0.15, 0.2) is 0 Å². The molecule has 0 saturated carbocycles. The summed E-state index contributed by atoms with van der Waals surface area (Å²) in [7, 11) is 0. The van der Waals surface area contributed by atoms with Gasteiger partial charge >= 0.3 is 0 Å². The zero-order valence-corrected chi connectivity index (χ0v) is 6.28. The molecule has 0 amide bonds. The lowest BCUT2D eigenvalue weighted by molar-refractivity contribution is 0.509. The number of rotatable bonds is 2. The molecule has 0 aliphatic rings. The topological polar surface area (TPSA) is 38.0 Å². The molecule has 0 fully saturated rings. The summed E-state index contributed by atoms with van der Waals surface area (Å²) in [5.41, 5.74) is 4.91. The van der Waals surface area contributed by atoms with Crippen LogP contribution in [0.15, 0.2) is 0 Å². The van der Waals surface area contributed by atoms with Crippen molar-refractivity contribution in [3.8, 4) is 12.0 Å². The molecule has 0 aliphatic carbocycles. The zero-order chi connectivity index (χ0) is 7.33. The van der Waals surface area contributed by atoms with Gasteiger partial charge < -0.3 is 11.1 Å². The minimum atomic E-state index is -0.135. The first-order chi connectivity index (χ1) is 4.12. The number of nitrogens with one attached hydrogen (secondary N) is 1. The lowest BCUT2D eigenvalue weighted by Gasteiger charge is -2.17. The Hall–Kier alpha value is -0.680. The quantitative estimate of drug-likeness (QED) is 0.412. The normalized spacial score (nSPS) is 10.1. The number of hydrogen-bond acceptors (Lipinski definition) is 2. The molecule has 0 aromatic carbocycles. The van der Waals surface area contributed by atoms with Gasteiger partial charge in [-0.05, 0) is 20.4 Å². The summed E-state index contributed by atoms with van der Waals surface area (Å²) in [5, 5.41) is 3.17. The fraction of sp³-hybridized carbons (Fsp3) is 0.714. The molecule has 3 N–H and O–H groups in total. The Bertz CT molecular complexity index is 128. The number of nitrogens with two attached hydrogens (primary N) is 1. The van der Waals surface area contributed by atoms with Crippen LogP contribution in [-0.4, -0.2) is 12.1 Å². The predicted octanol–water partition coefficient (Wildman–Crippen LogP) is 0.294. The highest BCUT2D eigenvalue weighted by molar-refractivity contribution is 5.11. The van der Waals surface area contributed by atoms with E-state index in [1.54, 1.807) is 0 Å². The molecule has 2 nitrogen and oxygen atoms in total. The summed E-state index contributed by atoms with van der Waals surface area (Å²) in [6, 6.07) is 2.38. The maximum atomic E-state index is 5.04. The minimum Gasteiger partial charge on any atom is -0.359 e. The second kappa shape index (κ2) is 3.37. The smallest absolute Gasteiger partial charge is 0.0762 e. The molecule has 0 heterocycles. The van der Waals surface area contributed by atoms with Gasteiger partial charge in [0, 0.05) is 6.04 Å².